The van der Waals surface area contributed by atoms with Crippen molar-refractivity contribution in [2.24, 2.45) is 0 Å². The van der Waals surface area contributed by atoms with Crippen LogP contribution >= 0.6 is 11.6 Å². The highest BCUT2D eigenvalue weighted by Gasteiger charge is 2.31. The lowest BCUT2D eigenvalue weighted by atomic mass is 10.1. The summed E-state index contributed by atoms with van der Waals surface area (Å²) < 4.78 is 46.4. The summed E-state index contributed by atoms with van der Waals surface area (Å²) in [6.07, 6.45) is 6.67. The molecule has 8 nitrogen and oxygen atoms in total. The number of anilines is 1. The van der Waals surface area contributed by atoms with Gasteiger partial charge in [0, 0.05) is 43.5 Å². The fourth-order valence-corrected chi connectivity index (χ4v) is 6.44. The first-order valence-electron chi connectivity index (χ1n) is 12.1. The first kappa shape index (κ1) is 24.1. The molecule has 4 aromatic rings. The third-order valence-corrected chi connectivity index (χ3v) is 9.02. The molecule has 2 fully saturated rings. The van der Waals surface area contributed by atoms with E-state index >= 15 is 0 Å². The average molecular weight is 542 g/mol. The van der Waals surface area contributed by atoms with Gasteiger partial charge in [0.1, 0.15) is 28.4 Å². The van der Waals surface area contributed by atoms with Crippen molar-refractivity contribution in [1.29, 1.82) is 0 Å². The van der Waals surface area contributed by atoms with Crippen LogP contribution in [0.4, 0.5) is 10.1 Å². The fourth-order valence-electron chi connectivity index (χ4n) is 4.77. The molecule has 0 N–H and O–H groups in total. The summed E-state index contributed by atoms with van der Waals surface area (Å²) >= 11 is 6.51. The lowest BCUT2D eigenvalue weighted by Crippen LogP contribution is -2.47. The van der Waals surface area contributed by atoms with Gasteiger partial charge in [-0.05, 0) is 42.7 Å². The summed E-state index contributed by atoms with van der Waals surface area (Å²) in [7, 11) is -3.72. The topological polar surface area (TPSA) is 84.5 Å². The van der Waals surface area contributed by atoms with Crippen molar-refractivity contribution in [3.63, 3.8) is 0 Å². The van der Waals surface area contributed by atoms with Gasteiger partial charge in [-0.1, -0.05) is 35.0 Å². The zero-order valence-electron chi connectivity index (χ0n) is 19.9. The monoisotopic (exact) mass is 541 g/mol. The van der Waals surface area contributed by atoms with Gasteiger partial charge in [0.15, 0.2) is 9.84 Å². The van der Waals surface area contributed by atoms with E-state index in [4.69, 9.17) is 16.0 Å². The van der Waals surface area contributed by atoms with E-state index in [2.05, 4.69) is 32.2 Å². The van der Waals surface area contributed by atoms with Crippen LogP contribution < -0.4 is 4.90 Å². The molecule has 0 bridgehead atoms. The molecule has 0 radical (unpaired) electrons. The van der Waals surface area contributed by atoms with Crippen molar-refractivity contribution in [2.75, 3.05) is 31.1 Å². The van der Waals surface area contributed by atoms with Crippen LogP contribution in [0, 0.1) is 5.82 Å². The third-order valence-electron chi connectivity index (χ3n) is 6.95. The highest BCUT2D eigenvalue weighted by atomic mass is 35.5. The van der Waals surface area contributed by atoms with E-state index in [9.17, 15) is 12.8 Å². The van der Waals surface area contributed by atoms with E-state index < -0.39 is 21.4 Å². The van der Waals surface area contributed by atoms with E-state index in [1.807, 2.05) is 12.1 Å². The maximum atomic E-state index is 14.9. The maximum Gasteiger partial charge on any atom is 0.185 e. The van der Waals surface area contributed by atoms with Crippen molar-refractivity contribution >= 4 is 27.1 Å². The summed E-state index contributed by atoms with van der Waals surface area (Å²) in [6, 6.07) is 12.7. The third kappa shape index (κ3) is 4.88. The Bertz CT molecular complexity index is 1530. The normalized spacial score (nSPS) is 16.9. The Morgan fingerprint density at radius 1 is 1.08 bits per heavy atom. The second kappa shape index (κ2) is 9.59. The smallest absolute Gasteiger partial charge is 0.185 e. The predicted molar refractivity (Wildman–Crippen MR) is 138 cm³/mol. The van der Waals surface area contributed by atoms with Crippen LogP contribution in [0.3, 0.4) is 0 Å². The van der Waals surface area contributed by atoms with Gasteiger partial charge in [-0.3, -0.25) is 4.90 Å². The Labute approximate surface area is 219 Å². The molecular weight excluding hydrogens is 517 g/mol. The summed E-state index contributed by atoms with van der Waals surface area (Å²) in [5.41, 5.74) is 2.73. The van der Waals surface area contributed by atoms with Crippen LogP contribution in [-0.2, 0) is 15.6 Å². The Kier molecular flexibility index (Phi) is 6.26. The Morgan fingerprint density at radius 3 is 2.62 bits per heavy atom. The summed E-state index contributed by atoms with van der Waals surface area (Å²) in [6.45, 7) is 4.08. The molecule has 6 rings (SSSR count). The molecule has 3 heterocycles. The molecule has 0 amide bonds. The molecule has 37 heavy (non-hydrogen) atoms. The van der Waals surface area contributed by atoms with Crippen molar-refractivity contribution in [1.82, 2.24) is 19.9 Å². The van der Waals surface area contributed by atoms with E-state index in [0.717, 1.165) is 49.7 Å². The number of aromatic nitrogens is 3. The molecule has 192 valence electrons. The maximum absolute atomic E-state index is 14.9. The molecule has 0 unspecified atom stereocenters. The summed E-state index contributed by atoms with van der Waals surface area (Å²) in [5.74, 6) is -1.04. The Morgan fingerprint density at radius 2 is 1.89 bits per heavy atom. The molecule has 2 aliphatic rings. The minimum atomic E-state index is -3.72. The number of piperazine rings is 1. The minimum absolute atomic E-state index is 0.0336. The molecule has 11 heteroatoms. The standard InChI is InChI=1S/C26H25ClFN5O3S/c27-25-19(17-37(34,35)22-8-13-36-16-22)4-7-23(28)26(25)33-15-24(29-30-33)18-2-1-3-21(14-18)32-11-9-31(10-12-32)20-5-6-20/h1-4,7-8,13-16,20H,5-6,9-12,17H2. The second-order valence-corrected chi connectivity index (χ2v) is 11.8. The molecule has 2 aromatic carbocycles. The van der Waals surface area contributed by atoms with Crippen molar-refractivity contribution < 1.29 is 17.2 Å². The molecule has 1 saturated heterocycles. The van der Waals surface area contributed by atoms with Crippen LogP contribution in [0.2, 0.25) is 5.02 Å². The van der Waals surface area contributed by atoms with Crippen LogP contribution in [0.25, 0.3) is 16.9 Å². The van der Waals surface area contributed by atoms with Gasteiger partial charge in [0.05, 0.1) is 23.2 Å². The number of sulfone groups is 1. The molecule has 1 aliphatic heterocycles. The Balaban J connectivity index is 1.25. The minimum Gasteiger partial charge on any atom is -0.471 e. The SMILES string of the molecule is O=S(=O)(Cc1ccc(F)c(-n2cc(-c3cccc(N4CCN(C5CC5)CC4)c3)nn2)c1Cl)c1ccoc1. The van der Waals surface area contributed by atoms with Crippen molar-refractivity contribution in [2.45, 2.75) is 29.5 Å². The van der Waals surface area contributed by atoms with Crippen LogP contribution in [0.5, 0.6) is 0 Å². The number of benzene rings is 2. The van der Waals surface area contributed by atoms with Gasteiger partial charge < -0.3 is 9.32 Å². The first-order chi connectivity index (χ1) is 17.9. The molecular formula is C26H25ClFN5O3S. The number of halogens is 2. The van der Waals surface area contributed by atoms with E-state index in [1.165, 1.54) is 42.0 Å². The predicted octanol–water partition coefficient (Wildman–Crippen LogP) is 4.58. The highest BCUT2D eigenvalue weighted by Crippen LogP contribution is 2.32. The largest absolute Gasteiger partial charge is 0.471 e. The number of furan rings is 1. The van der Waals surface area contributed by atoms with E-state index in [1.54, 1.807) is 6.20 Å². The molecule has 0 atom stereocenters. The number of nitrogens with zero attached hydrogens (tertiary/aromatic N) is 5. The zero-order chi connectivity index (χ0) is 25.6. The molecule has 1 saturated carbocycles. The summed E-state index contributed by atoms with van der Waals surface area (Å²) in [4.78, 5) is 4.97. The lowest BCUT2D eigenvalue weighted by Gasteiger charge is -2.36. The van der Waals surface area contributed by atoms with Gasteiger partial charge in [0.2, 0.25) is 0 Å². The van der Waals surface area contributed by atoms with Crippen molar-refractivity contribution in [3.05, 3.63) is 77.6 Å². The molecule has 0 spiro atoms. The molecule has 1 aliphatic carbocycles. The van der Waals surface area contributed by atoms with E-state index in [0.29, 0.717) is 5.69 Å². The summed E-state index contributed by atoms with van der Waals surface area (Å²) in [5, 5.41) is 8.32. The number of hydrogen-bond donors (Lipinski definition) is 0. The Hall–Kier alpha value is -3.21. The van der Waals surface area contributed by atoms with Crippen LogP contribution in [-0.4, -0.2) is 60.5 Å². The average Bonchev–Trinajstić information content (AvgIpc) is 3.37. The zero-order valence-corrected chi connectivity index (χ0v) is 21.5. The quantitative estimate of drug-likeness (QED) is 0.338. The number of hydrogen-bond acceptors (Lipinski definition) is 7. The van der Waals surface area contributed by atoms with Crippen LogP contribution in [0.15, 0.2) is 70.5 Å². The highest BCUT2D eigenvalue weighted by molar-refractivity contribution is 7.90. The van der Waals surface area contributed by atoms with Crippen molar-refractivity contribution in [3.8, 4) is 16.9 Å². The van der Waals surface area contributed by atoms with Gasteiger partial charge in [-0.25, -0.2) is 17.5 Å². The van der Waals surface area contributed by atoms with E-state index in [-0.39, 0.29) is 21.2 Å². The van der Waals surface area contributed by atoms with Gasteiger partial charge in [0.25, 0.3) is 0 Å². The van der Waals surface area contributed by atoms with Gasteiger partial charge >= 0.3 is 0 Å². The lowest BCUT2D eigenvalue weighted by molar-refractivity contribution is 0.248. The fraction of sp³-hybridized carbons (Fsp3) is 0.308. The number of rotatable bonds is 7. The molecule has 2 aromatic heterocycles. The van der Waals surface area contributed by atoms with Gasteiger partial charge in [-0.2, -0.15) is 0 Å². The van der Waals surface area contributed by atoms with Gasteiger partial charge in [-0.15, -0.1) is 5.10 Å². The second-order valence-electron chi connectivity index (χ2n) is 9.44. The first-order valence-corrected chi connectivity index (χ1v) is 14.2. The van der Waals surface area contributed by atoms with Crippen LogP contribution in [0.1, 0.15) is 18.4 Å².